The number of ether oxygens (including phenoxy) is 1. The third-order valence-electron chi connectivity index (χ3n) is 3.12. The van der Waals surface area contributed by atoms with Crippen LogP contribution in [0.1, 0.15) is 10.5 Å². The number of alkyl halides is 2. The van der Waals surface area contributed by atoms with Gasteiger partial charge in [0.2, 0.25) is 5.91 Å². The molecule has 1 N–H and O–H groups in total. The van der Waals surface area contributed by atoms with Gasteiger partial charge in [-0.05, 0) is 24.3 Å². The van der Waals surface area contributed by atoms with Crippen LogP contribution in [0.4, 0.5) is 14.5 Å². The highest BCUT2D eigenvalue weighted by Gasteiger charge is 2.21. The lowest BCUT2D eigenvalue weighted by Crippen LogP contribution is -2.35. The Morgan fingerprint density at radius 3 is 2.60 bits per heavy atom. The number of hydrogen-bond donors (Lipinski definition) is 1. The standard InChI is InChI=1S/C17H17F2N3O3/c1-22(10-15(23)21-12-6-3-2-4-7-12)17(24)16-13(8-5-9-20-16)25-11-14(18)19/h2-9,14H,10-11H2,1H3,(H,21,23). The number of halogens is 2. The molecule has 8 heteroatoms. The molecule has 2 amide bonds. The largest absolute Gasteiger partial charge is 0.485 e. The van der Waals surface area contributed by atoms with Crippen LogP contribution in [0, 0.1) is 0 Å². The maximum Gasteiger partial charge on any atom is 0.276 e. The number of para-hydroxylation sites is 1. The first-order valence-corrected chi connectivity index (χ1v) is 7.43. The second-order valence-corrected chi connectivity index (χ2v) is 5.13. The van der Waals surface area contributed by atoms with E-state index in [1.165, 1.54) is 25.4 Å². The summed E-state index contributed by atoms with van der Waals surface area (Å²) < 4.78 is 29.5. The first-order chi connectivity index (χ1) is 12.0. The Bertz CT molecular complexity index is 726. The Morgan fingerprint density at radius 1 is 1.20 bits per heavy atom. The summed E-state index contributed by atoms with van der Waals surface area (Å²) in [7, 11) is 1.42. The zero-order chi connectivity index (χ0) is 18.2. The molecule has 1 aromatic heterocycles. The number of rotatable bonds is 7. The van der Waals surface area contributed by atoms with E-state index < -0.39 is 24.8 Å². The van der Waals surface area contributed by atoms with Crippen molar-refractivity contribution in [2.45, 2.75) is 6.43 Å². The number of hydrogen-bond acceptors (Lipinski definition) is 4. The fourth-order valence-corrected chi connectivity index (χ4v) is 2.01. The molecule has 0 saturated heterocycles. The molecule has 2 aromatic rings. The summed E-state index contributed by atoms with van der Waals surface area (Å²) in [6.07, 6.45) is -1.32. The lowest BCUT2D eigenvalue weighted by molar-refractivity contribution is -0.116. The van der Waals surface area contributed by atoms with E-state index in [4.69, 9.17) is 4.74 Å². The van der Waals surface area contributed by atoms with Crippen LogP contribution in [0.15, 0.2) is 48.7 Å². The summed E-state index contributed by atoms with van der Waals surface area (Å²) >= 11 is 0. The Hall–Kier alpha value is -3.03. The number of likely N-dealkylation sites (N-methyl/N-ethyl adjacent to an activating group) is 1. The smallest absolute Gasteiger partial charge is 0.276 e. The summed E-state index contributed by atoms with van der Waals surface area (Å²) in [6.45, 7) is -1.07. The van der Waals surface area contributed by atoms with Crippen molar-refractivity contribution < 1.29 is 23.1 Å². The van der Waals surface area contributed by atoms with E-state index in [0.717, 1.165) is 4.90 Å². The first kappa shape index (κ1) is 18.3. The molecule has 0 unspecified atom stereocenters. The Balaban J connectivity index is 2.01. The zero-order valence-electron chi connectivity index (χ0n) is 13.5. The fourth-order valence-electron chi connectivity index (χ4n) is 2.01. The van der Waals surface area contributed by atoms with Crippen molar-refractivity contribution in [3.05, 3.63) is 54.4 Å². The molecule has 0 atom stereocenters. The van der Waals surface area contributed by atoms with E-state index >= 15 is 0 Å². The van der Waals surface area contributed by atoms with Crippen molar-refractivity contribution in [1.29, 1.82) is 0 Å². The van der Waals surface area contributed by atoms with Crippen molar-refractivity contribution in [2.24, 2.45) is 0 Å². The number of amides is 2. The summed E-state index contributed by atoms with van der Waals surface area (Å²) in [5, 5.41) is 2.65. The normalized spacial score (nSPS) is 10.4. The van der Waals surface area contributed by atoms with E-state index in [1.54, 1.807) is 24.3 Å². The van der Waals surface area contributed by atoms with Gasteiger partial charge >= 0.3 is 0 Å². The average Bonchev–Trinajstić information content (AvgIpc) is 2.60. The van der Waals surface area contributed by atoms with Gasteiger partial charge in [-0.3, -0.25) is 9.59 Å². The summed E-state index contributed by atoms with van der Waals surface area (Å²) in [4.78, 5) is 29.4. The highest BCUT2D eigenvalue weighted by Crippen LogP contribution is 2.18. The molecular weight excluding hydrogens is 332 g/mol. The molecule has 1 aromatic carbocycles. The van der Waals surface area contributed by atoms with Crippen LogP contribution < -0.4 is 10.1 Å². The van der Waals surface area contributed by atoms with Gasteiger partial charge < -0.3 is 15.0 Å². The summed E-state index contributed by atoms with van der Waals surface area (Å²) in [5.74, 6) is -1.05. The SMILES string of the molecule is CN(CC(=O)Nc1ccccc1)C(=O)c1ncccc1OCC(F)F. The minimum atomic E-state index is -2.67. The van der Waals surface area contributed by atoms with Crippen molar-refractivity contribution >= 4 is 17.5 Å². The minimum Gasteiger partial charge on any atom is -0.485 e. The van der Waals surface area contributed by atoms with Gasteiger partial charge in [0.25, 0.3) is 12.3 Å². The third-order valence-corrected chi connectivity index (χ3v) is 3.12. The molecule has 0 aliphatic carbocycles. The summed E-state index contributed by atoms with van der Waals surface area (Å²) in [6, 6.07) is 11.6. The van der Waals surface area contributed by atoms with Gasteiger partial charge in [-0.15, -0.1) is 0 Å². The van der Waals surface area contributed by atoms with E-state index in [1.807, 2.05) is 6.07 Å². The lowest BCUT2D eigenvalue weighted by atomic mass is 10.3. The van der Waals surface area contributed by atoms with E-state index in [9.17, 15) is 18.4 Å². The first-order valence-electron chi connectivity index (χ1n) is 7.43. The summed E-state index contributed by atoms with van der Waals surface area (Å²) in [5.41, 5.74) is 0.477. The maximum atomic E-state index is 12.4. The molecule has 132 valence electrons. The van der Waals surface area contributed by atoms with Crippen LogP contribution >= 0.6 is 0 Å². The quantitative estimate of drug-likeness (QED) is 0.833. The van der Waals surface area contributed by atoms with Gasteiger partial charge in [0.05, 0.1) is 6.54 Å². The maximum absolute atomic E-state index is 12.4. The van der Waals surface area contributed by atoms with Crippen molar-refractivity contribution in [3.63, 3.8) is 0 Å². The number of carbonyl (C=O) groups is 2. The predicted molar refractivity (Wildman–Crippen MR) is 87.8 cm³/mol. The molecule has 0 radical (unpaired) electrons. The molecule has 0 bridgehead atoms. The lowest BCUT2D eigenvalue weighted by Gasteiger charge is -2.18. The predicted octanol–water partition coefficient (Wildman–Crippen LogP) is 2.44. The third kappa shape index (κ3) is 5.52. The molecule has 2 rings (SSSR count). The number of aromatic nitrogens is 1. The van der Waals surface area contributed by atoms with Crippen molar-refractivity contribution in [3.8, 4) is 5.75 Å². The molecule has 0 saturated carbocycles. The van der Waals surface area contributed by atoms with Gasteiger partial charge in [-0.1, -0.05) is 18.2 Å². The van der Waals surface area contributed by atoms with Crippen molar-refractivity contribution in [1.82, 2.24) is 9.88 Å². The van der Waals surface area contributed by atoms with Crippen LogP contribution in [-0.4, -0.2) is 48.3 Å². The van der Waals surface area contributed by atoms with Crippen LogP contribution in [-0.2, 0) is 4.79 Å². The highest BCUT2D eigenvalue weighted by molar-refractivity contribution is 5.99. The number of anilines is 1. The molecule has 0 aliphatic rings. The second kappa shape index (κ2) is 8.72. The number of nitrogens with zero attached hydrogens (tertiary/aromatic N) is 2. The zero-order valence-corrected chi connectivity index (χ0v) is 13.5. The monoisotopic (exact) mass is 349 g/mol. The van der Waals surface area contributed by atoms with Gasteiger partial charge in [-0.25, -0.2) is 13.8 Å². The average molecular weight is 349 g/mol. The Kier molecular flexibility index (Phi) is 6.39. The highest BCUT2D eigenvalue weighted by atomic mass is 19.3. The molecule has 6 nitrogen and oxygen atoms in total. The number of benzene rings is 1. The number of pyridine rings is 1. The van der Waals surface area contributed by atoms with Crippen LogP contribution in [0.5, 0.6) is 5.75 Å². The van der Waals surface area contributed by atoms with Gasteiger partial charge in [0.1, 0.15) is 6.61 Å². The van der Waals surface area contributed by atoms with Gasteiger partial charge in [0, 0.05) is 18.9 Å². The number of carbonyl (C=O) groups excluding carboxylic acids is 2. The van der Waals surface area contributed by atoms with Gasteiger partial charge in [-0.2, -0.15) is 0 Å². The van der Waals surface area contributed by atoms with Crippen molar-refractivity contribution in [2.75, 3.05) is 25.5 Å². The minimum absolute atomic E-state index is 0.0527. The Morgan fingerprint density at radius 2 is 1.92 bits per heavy atom. The van der Waals surface area contributed by atoms with Crippen LogP contribution in [0.25, 0.3) is 0 Å². The second-order valence-electron chi connectivity index (χ2n) is 5.13. The number of nitrogens with one attached hydrogen (secondary N) is 1. The molecular formula is C17H17F2N3O3. The molecule has 0 fully saturated rings. The molecule has 1 heterocycles. The van der Waals surface area contributed by atoms with Crippen LogP contribution in [0.2, 0.25) is 0 Å². The fraction of sp³-hybridized carbons (Fsp3) is 0.235. The topological polar surface area (TPSA) is 71.5 Å². The van der Waals surface area contributed by atoms with E-state index in [-0.39, 0.29) is 18.0 Å². The van der Waals surface area contributed by atoms with Crippen LogP contribution in [0.3, 0.4) is 0 Å². The van der Waals surface area contributed by atoms with E-state index in [2.05, 4.69) is 10.3 Å². The molecule has 0 aliphatic heterocycles. The van der Waals surface area contributed by atoms with Gasteiger partial charge in [0.15, 0.2) is 11.4 Å². The van der Waals surface area contributed by atoms with E-state index in [0.29, 0.717) is 5.69 Å². The Labute approximate surface area is 143 Å². The molecule has 0 spiro atoms. The molecule has 25 heavy (non-hydrogen) atoms.